The fourth-order valence-corrected chi connectivity index (χ4v) is 2.18. The highest BCUT2D eigenvalue weighted by molar-refractivity contribution is 4.76. The summed E-state index contributed by atoms with van der Waals surface area (Å²) in [5, 5.41) is 3.47. The van der Waals surface area contributed by atoms with Gasteiger partial charge >= 0.3 is 0 Å². The van der Waals surface area contributed by atoms with Crippen molar-refractivity contribution >= 4 is 0 Å². The third-order valence-electron chi connectivity index (χ3n) is 3.50. The van der Waals surface area contributed by atoms with Crippen molar-refractivity contribution in [2.75, 3.05) is 39.8 Å². The van der Waals surface area contributed by atoms with E-state index in [1.807, 2.05) is 0 Å². The molecule has 0 spiro atoms. The van der Waals surface area contributed by atoms with Crippen LogP contribution < -0.4 is 5.32 Å². The molecule has 96 valence electrons. The van der Waals surface area contributed by atoms with Gasteiger partial charge in [-0.15, -0.1) is 0 Å². The van der Waals surface area contributed by atoms with Gasteiger partial charge in [0, 0.05) is 31.7 Å². The number of nitrogens with one attached hydrogen (secondary N) is 1. The van der Waals surface area contributed by atoms with Gasteiger partial charge in [-0.3, -0.25) is 0 Å². The molecule has 3 heteroatoms. The van der Waals surface area contributed by atoms with Crippen molar-refractivity contribution in [3.63, 3.8) is 0 Å². The molecule has 1 aliphatic rings. The van der Waals surface area contributed by atoms with Gasteiger partial charge in [-0.25, -0.2) is 0 Å². The molecule has 0 saturated carbocycles. The molecule has 1 unspecified atom stereocenters. The Morgan fingerprint density at radius 1 is 1.25 bits per heavy atom. The van der Waals surface area contributed by atoms with Gasteiger partial charge in [0.1, 0.15) is 0 Å². The highest BCUT2D eigenvalue weighted by Crippen LogP contribution is 2.07. The molecule has 1 atom stereocenters. The Kier molecular flexibility index (Phi) is 6.32. The van der Waals surface area contributed by atoms with Gasteiger partial charge in [-0.1, -0.05) is 13.8 Å². The van der Waals surface area contributed by atoms with Crippen molar-refractivity contribution in [2.24, 2.45) is 0 Å². The van der Waals surface area contributed by atoms with Crippen molar-refractivity contribution in [3.8, 4) is 0 Å². The summed E-state index contributed by atoms with van der Waals surface area (Å²) in [4.78, 5) is 5.07. The fraction of sp³-hybridized carbons (Fsp3) is 1.00. The average molecular weight is 227 g/mol. The predicted octanol–water partition coefficient (Wildman–Crippen LogP) is 1.40. The summed E-state index contributed by atoms with van der Waals surface area (Å²) in [5.41, 5.74) is 0. The lowest BCUT2D eigenvalue weighted by Crippen LogP contribution is -2.50. The lowest BCUT2D eigenvalue weighted by molar-refractivity contribution is 0.104. The molecule has 1 N–H and O–H groups in total. The zero-order valence-corrected chi connectivity index (χ0v) is 11.5. The van der Waals surface area contributed by atoms with Gasteiger partial charge in [0.15, 0.2) is 0 Å². The van der Waals surface area contributed by atoms with Crippen LogP contribution >= 0.6 is 0 Å². The molecule has 0 aromatic carbocycles. The van der Waals surface area contributed by atoms with Crippen LogP contribution in [-0.2, 0) is 0 Å². The molecule has 0 aromatic rings. The molecule has 0 amide bonds. The number of likely N-dealkylation sites (N-methyl/N-ethyl adjacent to an activating group) is 1. The second kappa shape index (κ2) is 7.25. The van der Waals surface area contributed by atoms with Crippen LogP contribution in [0, 0.1) is 0 Å². The van der Waals surface area contributed by atoms with E-state index in [0.29, 0.717) is 6.04 Å². The summed E-state index contributed by atoms with van der Waals surface area (Å²) < 4.78 is 0. The topological polar surface area (TPSA) is 18.5 Å². The molecule has 0 aliphatic carbocycles. The summed E-state index contributed by atoms with van der Waals surface area (Å²) in [6.07, 6.45) is 2.63. The zero-order chi connectivity index (χ0) is 12.0. The Morgan fingerprint density at radius 3 is 2.62 bits per heavy atom. The minimum Gasteiger partial charge on any atom is -0.315 e. The molecular formula is C13H29N3. The molecule has 0 aromatic heterocycles. The van der Waals surface area contributed by atoms with Crippen LogP contribution in [0.5, 0.6) is 0 Å². The predicted molar refractivity (Wildman–Crippen MR) is 70.9 cm³/mol. The van der Waals surface area contributed by atoms with Crippen molar-refractivity contribution in [3.05, 3.63) is 0 Å². The van der Waals surface area contributed by atoms with E-state index in [4.69, 9.17) is 0 Å². The van der Waals surface area contributed by atoms with E-state index < -0.39 is 0 Å². The molecule has 1 aliphatic heterocycles. The number of nitrogens with zero attached hydrogens (tertiary/aromatic N) is 2. The maximum absolute atomic E-state index is 3.47. The van der Waals surface area contributed by atoms with Gasteiger partial charge in [-0.2, -0.15) is 0 Å². The molecule has 16 heavy (non-hydrogen) atoms. The molecule has 1 saturated heterocycles. The highest BCUT2D eigenvalue weighted by atomic mass is 15.3. The van der Waals surface area contributed by atoms with Crippen LogP contribution in [0.2, 0.25) is 0 Å². The Morgan fingerprint density at radius 2 is 2.00 bits per heavy atom. The van der Waals surface area contributed by atoms with Crippen LogP contribution in [-0.4, -0.2) is 61.7 Å². The second-order valence-electron chi connectivity index (χ2n) is 5.45. The van der Waals surface area contributed by atoms with E-state index >= 15 is 0 Å². The van der Waals surface area contributed by atoms with Gasteiger partial charge in [0.05, 0.1) is 0 Å². The largest absolute Gasteiger partial charge is 0.315 e. The summed E-state index contributed by atoms with van der Waals surface area (Å²) in [5.74, 6) is 0. The summed E-state index contributed by atoms with van der Waals surface area (Å²) in [6, 6.07) is 1.35. The van der Waals surface area contributed by atoms with Gasteiger partial charge < -0.3 is 15.1 Å². The SMILES string of the molecule is CC(C)NCCCCN1CCN(C)C(C)C1. The third-order valence-corrected chi connectivity index (χ3v) is 3.50. The standard InChI is InChI=1S/C13H29N3/c1-12(2)14-7-5-6-8-16-10-9-15(4)13(3)11-16/h12-14H,5-11H2,1-4H3. The minimum atomic E-state index is 0.628. The summed E-state index contributed by atoms with van der Waals surface area (Å²) in [6.45, 7) is 12.9. The van der Waals surface area contributed by atoms with Gasteiger partial charge in [0.2, 0.25) is 0 Å². The summed E-state index contributed by atoms with van der Waals surface area (Å²) in [7, 11) is 2.23. The van der Waals surface area contributed by atoms with Crippen LogP contribution in [0.3, 0.4) is 0 Å². The van der Waals surface area contributed by atoms with E-state index in [1.165, 1.54) is 45.6 Å². The lowest BCUT2D eigenvalue weighted by atomic mass is 10.2. The number of piperazine rings is 1. The first-order valence-electron chi connectivity index (χ1n) is 6.75. The maximum Gasteiger partial charge on any atom is 0.0192 e. The molecule has 1 fully saturated rings. The van der Waals surface area contributed by atoms with E-state index in [2.05, 4.69) is 42.9 Å². The Labute approximate surface area is 101 Å². The van der Waals surface area contributed by atoms with E-state index in [9.17, 15) is 0 Å². The molecule has 1 heterocycles. The van der Waals surface area contributed by atoms with Gasteiger partial charge in [-0.05, 0) is 39.9 Å². The second-order valence-corrected chi connectivity index (χ2v) is 5.45. The fourth-order valence-electron chi connectivity index (χ4n) is 2.18. The number of rotatable bonds is 6. The third kappa shape index (κ3) is 5.28. The van der Waals surface area contributed by atoms with Crippen LogP contribution in [0.15, 0.2) is 0 Å². The van der Waals surface area contributed by atoms with Crippen molar-refractivity contribution in [2.45, 2.75) is 45.7 Å². The van der Waals surface area contributed by atoms with Crippen molar-refractivity contribution in [1.29, 1.82) is 0 Å². The summed E-state index contributed by atoms with van der Waals surface area (Å²) >= 11 is 0. The van der Waals surface area contributed by atoms with Crippen LogP contribution in [0.25, 0.3) is 0 Å². The Hall–Kier alpha value is -0.120. The monoisotopic (exact) mass is 227 g/mol. The molecular weight excluding hydrogens is 198 g/mol. The highest BCUT2D eigenvalue weighted by Gasteiger charge is 2.19. The first kappa shape index (κ1) is 13.9. The van der Waals surface area contributed by atoms with Crippen LogP contribution in [0.4, 0.5) is 0 Å². The quantitative estimate of drug-likeness (QED) is 0.692. The molecule has 0 radical (unpaired) electrons. The minimum absolute atomic E-state index is 0.628. The van der Waals surface area contributed by atoms with Gasteiger partial charge in [0.25, 0.3) is 0 Å². The first-order valence-corrected chi connectivity index (χ1v) is 6.75. The average Bonchev–Trinajstić information content (AvgIpc) is 2.22. The zero-order valence-electron chi connectivity index (χ0n) is 11.5. The smallest absolute Gasteiger partial charge is 0.0192 e. The van der Waals surface area contributed by atoms with E-state index in [0.717, 1.165) is 6.04 Å². The molecule has 1 rings (SSSR count). The number of hydrogen-bond donors (Lipinski definition) is 1. The van der Waals surface area contributed by atoms with Crippen molar-refractivity contribution in [1.82, 2.24) is 15.1 Å². The normalized spacial score (nSPS) is 24.2. The lowest BCUT2D eigenvalue weighted by Gasteiger charge is -2.37. The Balaban J connectivity index is 2.01. The Bertz CT molecular complexity index is 182. The first-order chi connectivity index (χ1) is 7.59. The van der Waals surface area contributed by atoms with E-state index in [1.54, 1.807) is 0 Å². The van der Waals surface area contributed by atoms with E-state index in [-0.39, 0.29) is 0 Å². The van der Waals surface area contributed by atoms with Crippen LogP contribution in [0.1, 0.15) is 33.6 Å². The van der Waals surface area contributed by atoms with Crippen molar-refractivity contribution < 1.29 is 0 Å². The molecule has 3 nitrogen and oxygen atoms in total. The maximum atomic E-state index is 3.47. The number of hydrogen-bond acceptors (Lipinski definition) is 3. The molecule has 0 bridgehead atoms. The number of unbranched alkanes of at least 4 members (excludes halogenated alkanes) is 1.